The van der Waals surface area contributed by atoms with E-state index in [1.54, 1.807) is 0 Å². The number of alkyl halides is 5. The number of methoxy groups -OCH3 is 1. The van der Waals surface area contributed by atoms with Gasteiger partial charge in [-0.3, -0.25) is 0 Å². The zero-order valence-electron chi connectivity index (χ0n) is 9.99. The number of rotatable bonds is 4. The molecule has 0 saturated carbocycles. The lowest BCUT2D eigenvalue weighted by Crippen LogP contribution is -2.47. The minimum atomic E-state index is -5.69. The van der Waals surface area contributed by atoms with Gasteiger partial charge in [-0.25, -0.2) is 0 Å². The average molecular weight is 304 g/mol. The fourth-order valence-electron chi connectivity index (χ4n) is 1.63. The highest BCUT2D eigenvalue weighted by Crippen LogP contribution is 2.46. The molecule has 1 aromatic carbocycles. The van der Waals surface area contributed by atoms with Crippen molar-refractivity contribution >= 4 is 11.6 Å². The van der Waals surface area contributed by atoms with Crippen molar-refractivity contribution in [3.05, 3.63) is 28.8 Å². The molecule has 0 heterocycles. The minimum absolute atomic E-state index is 0.0361. The Hall–Kier alpha value is -1.08. The first-order chi connectivity index (χ1) is 8.65. The Labute approximate surface area is 111 Å². The van der Waals surface area contributed by atoms with Crippen LogP contribution in [-0.2, 0) is 0 Å². The second-order valence-electron chi connectivity index (χ2n) is 3.73. The number of hydrogen-bond acceptors (Lipinski definition) is 2. The Kier molecular flexibility index (Phi) is 4.63. The van der Waals surface area contributed by atoms with E-state index in [-0.39, 0.29) is 16.3 Å². The van der Waals surface area contributed by atoms with Crippen molar-refractivity contribution < 1.29 is 26.7 Å². The largest absolute Gasteiger partial charge is 0.496 e. The van der Waals surface area contributed by atoms with Gasteiger partial charge in [-0.05, 0) is 25.2 Å². The molecule has 1 rings (SSSR count). The summed E-state index contributed by atoms with van der Waals surface area (Å²) in [7, 11) is 2.18. The Morgan fingerprint density at radius 1 is 1.21 bits per heavy atom. The molecule has 1 atom stereocenters. The maximum absolute atomic E-state index is 13.4. The lowest BCUT2D eigenvalue weighted by molar-refractivity contribution is -0.294. The first-order valence-corrected chi connectivity index (χ1v) is 5.48. The number of nitrogens with one attached hydrogen (secondary N) is 1. The Morgan fingerprint density at radius 2 is 1.79 bits per heavy atom. The van der Waals surface area contributed by atoms with Crippen molar-refractivity contribution in [1.82, 2.24) is 5.32 Å². The number of hydrogen-bond donors (Lipinski definition) is 1. The third-order valence-corrected chi connectivity index (χ3v) is 2.77. The number of benzene rings is 1. The van der Waals surface area contributed by atoms with Crippen LogP contribution in [0.5, 0.6) is 5.75 Å². The molecule has 0 aromatic heterocycles. The summed E-state index contributed by atoms with van der Waals surface area (Å²) in [5.41, 5.74) is -0.361. The molecule has 2 nitrogen and oxygen atoms in total. The van der Waals surface area contributed by atoms with Crippen LogP contribution >= 0.6 is 11.6 Å². The molecule has 0 saturated heterocycles. The van der Waals surface area contributed by atoms with Crippen molar-refractivity contribution in [3.8, 4) is 5.75 Å². The SMILES string of the molecule is CNC(c1cc(Cl)ccc1OC)C(F)(F)C(F)(F)F. The van der Waals surface area contributed by atoms with Gasteiger partial charge in [0.2, 0.25) is 0 Å². The van der Waals surface area contributed by atoms with Crippen LogP contribution < -0.4 is 10.1 Å². The molecule has 0 spiro atoms. The molecular weight excluding hydrogens is 293 g/mol. The van der Waals surface area contributed by atoms with Crippen molar-refractivity contribution in [2.75, 3.05) is 14.2 Å². The Morgan fingerprint density at radius 3 is 2.21 bits per heavy atom. The molecule has 0 fully saturated rings. The Balaban J connectivity index is 3.35. The second-order valence-corrected chi connectivity index (χ2v) is 4.17. The molecule has 0 bridgehead atoms. The molecule has 1 N–H and O–H groups in total. The lowest BCUT2D eigenvalue weighted by atomic mass is 9.99. The molecule has 8 heteroatoms. The van der Waals surface area contributed by atoms with E-state index in [9.17, 15) is 22.0 Å². The Bertz CT molecular complexity index is 449. The van der Waals surface area contributed by atoms with Crippen molar-refractivity contribution in [3.63, 3.8) is 0 Å². The quantitative estimate of drug-likeness (QED) is 0.854. The van der Waals surface area contributed by atoms with E-state index in [1.807, 2.05) is 5.32 Å². The van der Waals surface area contributed by atoms with Crippen molar-refractivity contribution in [1.29, 1.82) is 0 Å². The first kappa shape index (κ1) is 16.0. The van der Waals surface area contributed by atoms with Gasteiger partial charge in [0.25, 0.3) is 0 Å². The molecule has 1 aromatic rings. The third kappa shape index (κ3) is 3.09. The minimum Gasteiger partial charge on any atom is -0.496 e. The number of ether oxygens (including phenoxy) is 1. The molecule has 0 aliphatic carbocycles. The highest BCUT2D eigenvalue weighted by atomic mass is 35.5. The predicted molar refractivity (Wildman–Crippen MR) is 60.8 cm³/mol. The van der Waals surface area contributed by atoms with Gasteiger partial charge in [0.15, 0.2) is 0 Å². The maximum Gasteiger partial charge on any atom is 0.455 e. The van der Waals surface area contributed by atoms with Crippen LogP contribution in [0.3, 0.4) is 0 Å². The summed E-state index contributed by atoms with van der Waals surface area (Å²) in [6.45, 7) is 0. The fourth-order valence-corrected chi connectivity index (χ4v) is 1.81. The summed E-state index contributed by atoms with van der Waals surface area (Å²) >= 11 is 5.63. The van der Waals surface area contributed by atoms with Gasteiger partial charge in [-0.2, -0.15) is 22.0 Å². The van der Waals surface area contributed by atoms with Crippen LogP contribution in [0.2, 0.25) is 5.02 Å². The van der Waals surface area contributed by atoms with Gasteiger partial charge in [-0.15, -0.1) is 0 Å². The summed E-state index contributed by atoms with van der Waals surface area (Å²) in [6.07, 6.45) is -5.69. The van der Waals surface area contributed by atoms with E-state index in [4.69, 9.17) is 16.3 Å². The monoisotopic (exact) mass is 303 g/mol. The molecule has 1 unspecified atom stereocenters. The van der Waals surface area contributed by atoms with Gasteiger partial charge in [0, 0.05) is 10.6 Å². The molecular formula is C11H11ClF5NO. The van der Waals surface area contributed by atoms with Crippen LogP contribution in [0.1, 0.15) is 11.6 Å². The fraction of sp³-hybridized carbons (Fsp3) is 0.455. The molecule has 19 heavy (non-hydrogen) atoms. The summed E-state index contributed by atoms with van der Waals surface area (Å²) in [5, 5.41) is 1.99. The maximum atomic E-state index is 13.4. The summed E-state index contributed by atoms with van der Waals surface area (Å²) in [5.74, 6) is -5.06. The highest BCUT2D eigenvalue weighted by molar-refractivity contribution is 6.30. The van der Waals surface area contributed by atoms with E-state index in [1.165, 1.54) is 19.2 Å². The van der Waals surface area contributed by atoms with E-state index < -0.39 is 18.1 Å². The van der Waals surface area contributed by atoms with E-state index in [0.717, 1.165) is 13.1 Å². The molecule has 0 aliphatic rings. The van der Waals surface area contributed by atoms with E-state index in [0.29, 0.717) is 0 Å². The van der Waals surface area contributed by atoms with Crippen molar-refractivity contribution in [2.24, 2.45) is 0 Å². The molecule has 108 valence electrons. The normalized spacial score (nSPS) is 14.3. The van der Waals surface area contributed by atoms with Gasteiger partial charge < -0.3 is 10.1 Å². The van der Waals surface area contributed by atoms with E-state index >= 15 is 0 Å². The first-order valence-electron chi connectivity index (χ1n) is 5.10. The van der Waals surface area contributed by atoms with Crippen LogP contribution in [-0.4, -0.2) is 26.3 Å². The summed E-state index contributed by atoms with van der Waals surface area (Å²) in [6, 6.07) is 1.29. The van der Waals surface area contributed by atoms with E-state index in [2.05, 4.69) is 0 Å². The molecule has 0 radical (unpaired) electrons. The smallest absolute Gasteiger partial charge is 0.455 e. The van der Waals surface area contributed by atoms with Gasteiger partial charge in [-0.1, -0.05) is 11.6 Å². The predicted octanol–water partition coefficient (Wildman–Crippen LogP) is 3.81. The van der Waals surface area contributed by atoms with Crippen LogP contribution in [0.4, 0.5) is 22.0 Å². The molecule has 0 aliphatic heterocycles. The molecule has 0 amide bonds. The topological polar surface area (TPSA) is 21.3 Å². The van der Waals surface area contributed by atoms with Crippen molar-refractivity contribution in [2.45, 2.75) is 18.1 Å². The summed E-state index contributed by atoms with van der Waals surface area (Å²) < 4.78 is 69.0. The zero-order valence-corrected chi connectivity index (χ0v) is 10.7. The van der Waals surface area contributed by atoms with Crippen LogP contribution in [0.25, 0.3) is 0 Å². The third-order valence-electron chi connectivity index (χ3n) is 2.53. The van der Waals surface area contributed by atoms with Crippen LogP contribution in [0.15, 0.2) is 18.2 Å². The van der Waals surface area contributed by atoms with Crippen LogP contribution in [0, 0.1) is 0 Å². The average Bonchev–Trinajstić information content (AvgIpc) is 2.28. The lowest BCUT2D eigenvalue weighted by Gasteiger charge is -2.29. The second kappa shape index (κ2) is 5.50. The summed E-state index contributed by atoms with van der Waals surface area (Å²) in [4.78, 5) is 0. The standard InChI is InChI=1S/C11H11ClF5NO/c1-18-9(10(13,14)11(15,16)17)7-5-6(12)3-4-8(7)19-2/h3-5,9,18H,1-2H3. The highest BCUT2D eigenvalue weighted by Gasteiger charge is 2.62. The van der Waals surface area contributed by atoms with Gasteiger partial charge >= 0.3 is 12.1 Å². The number of halogens is 6. The van der Waals surface area contributed by atoms with Gasteiger partial charge in [0.1, 0.15) is 11.8 Å². The van der Waals surface area contributed by atoms with Gasteiger partial charge in [0.05, 0.1) is 7.11 Å². The zero-order chi connectivity index (χ0) is 14.8.